The summed E-state index contributed by atoms with van der Waals surface area (Å²) < 4.78 is 5.29. The van der Waals surface area contributed by atoms with Crippen molar-refractivity contribution in [1.29, 1.82) is 0 Å². The highest BCUT2D eigenvalue weighted by Gasteiger charge is 2.15. The first-order valence-electron chi connectivity index (χ1n) is 9.28. The van der Waals surface area contributed by atoms with E-state index < -0.39 is 0 Å². The highest BCUT2D eigenvalue weighted by Crippen LogP contribution is 2.17. The van der Waals surface area contributed by atoms with Gasteiger partial charge in [-0.25, -0.2) is 0 Å². The van der Waals surface area contributed by atoms with E-state index in [9.17, 15) is 4.79 Å². The zero-order valence-electron chi connectivity index (χ0n) is 16.0. The van der Waals surface area contributed by atoms with E-state index in [1.165, 1.54) is 19.3 Å². The molecule has 26 heavy (non-hydrogen) atoms. The van der Waals surface area contributed by atoms with Crippen molar-refractivity contribution < 1.29 is 9.32 Å². The Morgan fingerprint density at radius 2 is 2.04 bits per heavy atom. The fraction of sp³-hybridized carbons (Fsp3) is 0.722. The van der Waals surface area contributed by atoms with E-state index in [-0.39, 0.29) is 29.9 Å². The smallest absolute Gasteiger partial charge is 0.221 e. The molecule has 0 saturated heterocycles. The summed E-state index contributed by atoms with van der Waals surface area (Å²) in [7, 11) is 1.71. The van der Waals surface area contributed by atoms with E-state index in [0.29, 0.717) is 37.4 Å². The number of nitrogens with one attached hydrogen (secondary N) is 3. The topological polar surface area (TPSA) is 91.5 Å². The predicted molar refractivity (Wildman–Crippen MR) is 114 cm³/mol. The van der Waals surface area contributed by atoms with Crippen LogP contribution in [0.15, 0.2) is 15.6 Å². The molecule has 1 aliphatic carbocycles. The molecule has 1 aromatic rings. The van der Waals surface area contributed by atoms with Crippen LogP contribution in [-0.2, 0) is 11.3 Å². The zero-order valence-corrected chi connectivity index (χ0v) is 18.3. The molecular formula is C18H32IN5O2. The first kappa shape index (κ1) is 22.7. The Morgan fingerprint density at radius 3 is 2.65 bits per heavy atom. The summed E-state index contributed by atoms with van der Waals surface area (Å²) in [6.45, 7) is 5.21. The van der Waals surface area contributed by atoms with Gasteiger partial charge in [-0.1, -0.05) is 38.3 Å². The number of guanidine groups is 1. The van der Waals surface area contributed by atoms with Crippen molar-refractivity contribution >= 4 is 35.8 Å². The number of nitrogens with zero attached hydrogens (tertiary/aromatic N) is 2. The van der Waals surface area contributed by atoms with Gasteiger partial charge in [0.1, 0.15) is 0 Å². The van der Waals surface area contributed by atoms with Crippen molar-refractivity contribution in [2.45, 2.75) is 70.9 Å². The number of carbonyl (C=O) groups is 1. The third-order valence-corrected chi connectivity index (χ3v) is 4.44. The van der Waals surface area contributed by atoms with Gasteiger partial charge in [-0.3, -0.25) is 9.79 Å². The summed E-state index contributed by atoms with van der Waals surface area (Å²) in [4.78, 5) is 16.2. The van der Waals surface area contributed by atoms with Crippen LogP contribution in [-0.4, -0.2) is 36.7 Å². The molecule has 0 radical (unpaired) electrons. The van der Waals surface area contributed by atoms with Crippen LogP contribution in [0.4, 0.5) is 0 Å². The molecular weight excluding hydrogens is 445 g/mol. The van der Waals surface area contributed by atoms with Crippen molar-refractivity contribution in [1.82, 2.24) is 21.1 Å². The molecule has 0 spiro atoms. The van der Waals surface area contributed by atoms with Crippen LogP contribution in [0.1, 0.15) is 69.7 Å². The average molecular weight is 477 g/mol. The Kier molecular flexibility index (Phi) is 10.6. The van der Waals surface area contributed by atoms with Gasteiger partial charge in [0.05, 0.1) is 12.2 Å². The lowest BCUT2D eigenvalue weighted by Gasteiger charge is -2.22. The highest BCUT2D eigenvalue weighted by molar-refractivity contribution is 14.0. The van der Waals surface area contributed by atoms with E-state index in [4.69, 9.17) is 4.52 Å². The van der Waals surface area contributed by atoms with Crippen LogP contribution in [0.3, 0.4) is 0 Å². The maximum Gasteiger partial charge on any atom is 0.221 e. The van der Waals surface area contributed by atoms with Crippen molar-refractivity contribution in [3.05, 3.63) is 17.5 Å². The maximum absolute atomic E-state index is 12.0. The summed E-state index contributed by atoms with van der Waals surface area (Å²) in [5.41, 5.74) is 0.944. The molecule has 7 nitrogen and oxygen atoms in total. The maximum atomic E-state index is 12.0. The molecule has 0 bridgehead atoms. The number of aliphatic imine (C=N–C) groups is 1. The lowest BCUT2D eigenvalue weighted by atomic mass is 9.95. The van der Waals surface area contributed by atoms with Crippen LogP contribution in [0.25, 0.3) is 0 Å². The molecule has 1 aliphatic rings. The third kappa shape index (κ3) is 7.92. The molecule has 148 valence electrons. The molecule has 0 aliphatic heterocycles. The standard InChI is InChI=1S/C18H31N5O2.HI/c1-13(2)16-11-15(25-23-16)12-21-18(19-3)20-10-9-17(24)22-14-7-5-4-6-8-14;/h11,13-14H,4-10,12H2,1-3H3,(H,22,24)(H2,19,20,21);1H. The van der Waals surface area contributed by atoms with Crippen LogP contribution < -0.4 is 16.0 Å². The number of carbonyl (C=O) groups excluding carboxylic acids is 1. The SMILES string of the molecule is CN=C(NCCC(=O)NC1CCCCC1)NCc1cc(C(C)C)no1.I. The summed E-state index contributed by atoms with van der Waals surface area (Å²) in [6.07, 6.45) is 6.40. The Morgan fingerprint density at radius 1 is 1.31 bits per heavy atom. The van der Waals surface area contributed by atoms with E-state index >= 15 is 0 Å². The number of aromatic nitrogens is 1. The minimum absolute atomic E-state index is 0. The molecule has 1 heterocycles. The lowest BCUT2D eigenvalue weighted by molar-refractivity contribution is -0.121. The van der Waals surface area contributed by atoms with Crippen LogP contribution in [0.5, 0.6) is 0 Å². The molecule has 1 aromatic heterocycles. The normalized spacial score (nSPS) is 15.5. The Labute approximate surface area is 173 Å². The second-order valence-corrected chi connectivity index (χ2v) is 6.88. The number of hydrogen-bond acceptors (Lipinski definition) is 4. The fourth-order valence-corrected chi connectivity index (χ4v) is 2.92. The van der Waals surface area contributed by atoms with Crippen LogP contribution in [0, 0.1) is 0 Å². The first-order chi connectivity index (χ1) is 12.1. The van der Waals surface area contributed by atoms with Crippen molar-refractivity contribution in [2.24, 2.45) is 4.99 Å². The second-order valence-electron chi connectivity index (χ2n) is 6.88. The molecule has 1 fully saturated rings. The monoisotopic (exact) mass is 477 g/mol. The zero-order chi connectivity index (χ0) is 18.1. The van der Waals surface area contributed by atoms with Gasteiger partial charge in [0.2, 0.25) is 5.91 Å². The quantitative estimate of drug-likeness (QED) is 0.319. The van der Waals surface area contributed by atoms with E-state index in [2.05, 4.69) is 39.9 Å². The third-order valence-electron chi connectivity index (χ3n) is 4.44. The average Bonchev–Trinajstić information content (AvgIpc) is 3.08. The molecule has 0 atom stereocenters. The van der Waals surface area contributed by atoms with Gasteiger partial charge >= 0.3 is 0 Å². The van der Waals surface area contributed by atoms with E-state index in [1.807, 2.05) is 6.07 Å². The minimum atomic E-state index is 0. The van der Waals surface area contributed by atoms with E-state index in [0.717, 1.165) is 24.3 Å². The van der Waals surface area contributed by atoms with Gasteiger partial charge in [0.25, 0.3) is 0 Å². The second kappa shape index (κ2) is 12.1. The molecule has 3 N–H and O–H groups in total. The molecule has 0 aromatic carbocycles. The van der Waals surface area contributed by atoms with Crippen LogP contribution >= 0.6 is 24.0 Å². The molecule has 0 unspecified atom stereocenters. The number of hydrogen-bond donors (Lipinski definition) is 3. The fourth-order valence-electron chi connectivity index (χ4n) is 2.92. The molecule has 1 saturated carbocycles. The van der Waals surface area contributed by atoms with Gasteiger partial charge in [0, 0.05) is 32.1 Å². The summed E-state index contributed by atoms with van der Waals surface area (Å²) >= 11 is 0. The van der Waals surface area contributed by atoms with Crippen molar-refractivity contribution in [3.63, 3.8) is 0 Å². The highest BCUT2D eigenvalue weighted by atomic mass is 127. The first-order valence-corrected chi connectivity index (χ1v) is 9.28. The Balaban J connectivity index is 0.00000338. The number of rotatable bonds is 7. The van der Waals surface area contributed by atoms with Gasteiger partial charge in [0.15, 0.2) is 11.7 Å². The van der Waals surface area contributed by atoms with Gasteiger partial charge in [-0.05, 0) is 18.8 Å². The van der Waals surface area contributed by atoms with Crippen molar-refractivity contribution in [2.75, 3.05) is 13.6 Å². The van der Waals surface area contributed by atoms with Gasteiger partial charge in [-0.15, -0.1) is 24.0 Å². The largest absolute Gasteiger partial charge is 0.359 e. The summed E-state index contributed by atoms with van der Waals surface area (Å²) in [6, 6.07) is 2.31. The molecule has 1 amide bonds. The van der Waals surface area contributed by atoms with Crippen molar-refractivity contribution in [3.8, 4) is 0 Å². The number of halogens is 1. The van der Waals surface area contributed by atoms with Crippen LogP contribution in [0.2, 0.25) is 0 Å². The van der Waals surface area contributed by atoms with Gasteiger partial charge in [-0.2, -0.15) is 0 Å². The minimum Gasteiger partial charge on any atom is -0.359 e. The molecule has 8 heteroatoms. The lowest BCUT2D eigenvalue weighted by Crippen LogP contribution is -2.41. The Bertz CT molecular complexity index is 568. The van der Waals surface area contributed by atoms with Gasteiger partial charge < -0.3 is 20.5 Å². The number of amides is 1. The predicted octanol–water partition coefficient (Wildman–Crippen LogP) is 2.92. The van der Waals surface area contributed by atoms with E-state index in [1.54, 1.807) is 7.05 Å². The summed E-state index contributed by atoms with van der Waals surface area (Å²) in [5.74, 6) is 1.86. The molecule has 2 rings (SSSR count). The Hall–Kier alpha value is -1.32. The summed E-state index contributed by atoms with van der Waals surface area (Å²) in [5, 5.41) is 13.5.